The number of hydrogen-bond acceptors (Lipinski definition) is 3. The van der Waals surface area contributed by atoms with Gasteiger partial charge in [0.05, 0.1) is 17.1 Å². The molecular weight excluding hydrogens is 631 g/mol. The van der Waals surface area contributed by atoms with Crippen molar-refractivity contribution in [2.75, 3.05) is 9.80 Å². The molecule has 0 saturated heterocycles. The van der Waals surface area contributed by atoms with Gasteiger partial charge in [-0.3, -0.25) is 0 Å². The van der Waals surface area contributed by atoms with Crippen LogP contribution < -0.4 is 9.80 Å². The van der Waals surface area contributed by atoms with Crippen molar-refractivity contribution in [3.05, 3.63) is 174 Å². The standard InChI is InChI=1S/C49H55N3/c1-11-21-39(9)52(37(6)7)49-32-31-44(35-45(49)22-12-2)48-28-20-27-47(50-48)42(13-3)34-41(30-29-38(8)43-23-16-14-17-24-43)33-40(10)51(36(4)5)46-25-18-15-19-26-46/h2,11,14-21,23,25-29,31-32,34-36,43H,1,6,13,22,24,30H2,3-5,7-10H3/b38-29+,39-21+,42-34+. The fourth-order valence-electron chi connectivity index (χ4n) is 6.74. The van der Waals surface area contributed by atoms with E-state index in [2.05, 4.69) is 179 Å². The third-order valence-corrected chi connectivity index (χ3v) is 9.27. The number of nitrogens with zero attached hydrogens (tertiary/aromatic N) is 3. The molecular formula is C49H55N3. The number of hydrogen-bond donors (Lipinski definition) is 0. The number of terminal acetylenes is 1. The van der Waals surface area contributed by atoms with E-state index < -0.39 is 0 Å². The molecule has 1 aromatic heterocycles. The maximum atomic E-state index is 5.88. The van der Waals surface area contributed by atoms with Gasteiger partial charge in [0.25, 0.3) is 0 Å². The van der Waals surface area contributed by atoms with Gasteiger partial charge in [-0.25, -0.2) is 4.98 Å². The molecule has 4 rings (SSSR count). The van der Waals surface area contributed by atoms with Crippen molar-refractivity contribution in [2.24, 2.45) is 5.92 Å². The molecule has 0 radical (unpaired) electrons. The van der Waals surface area contributed by atoms with Crippen molar-refractivity contribution in [3.63, 3.8) is 0 Å². The lowest BCUT2D eigenvalue weighted by Gasteiger charge is -2.28. The van der Waals surface area contributed by atoms with E-state index in [-0.39, 0.29) is 6.04 Å². The van der Waals surface area contributed by atoms with Gasteiger partial charge in [-0.2, -0.15) is 0 Å². The predicted molar refractivity (Wildman–Crippen MR) is 227 cm³/mol. The number of pyridine rings is 1. The minimum Gasteiger partial charge on any atom is -0.336 e. The van der Waals surface area contributed by atoms with Crippen LogP contribution in [0.1, 0.15) is 79.0 Å². The second-order valence-corrected chi connectivity index (χ2v) is 13.6. The molecule has 1 heterocycles. The van der Waals surface area contributed by atoms with E-state index in [0.29, 0.717) is 12.3 Å². The molecule has 3 nitrogen and oxygen atoms in total. The Morgan fingerprint density at radius 3 is 2.42 bits per heavy atom. The van der Waals surface area contributed by atoms with Crippen LogP contribution in [0.3, 0.4) is 0 Å². The highest BCUT2D eigenvalue weighted by Crippen LogP contribution is 2.33. The van der Waals surface area contributed by atoms with Gasteiger partial charge < -0.3 is 9.80 Å². The van der Waals surface area contributed by atoms with E-state index >= 15 is 0 Å². The van der Waals surface area contributed by atoms with Crippen LogP contribution in [0.2, 0.25) is 0 Å². The van der Waals surface area contributed by atoms with Crippen molar-refractivity contribution < 1.29 is 0 Å². The highest BCUT2D eigenvalue weighted by atomic mass is 15.2. The van der Waals surface area contributed by atoms with Gasteiger partial charge in [0.15, 0.2) is 0 Å². The number of aromatic nitrogens is 1. The Morgan fingerprint density at radius 2 is 1.79 bits per heavy atom. The van der Waals surface area contributed by atoms with E-state index in [4.69, 9.17) is 11.4 Å². The van der Waals surface area contributed by atoms with E-state index in [1.54, 1.807) is 6.08 Å². The summed E-state index contributed by atoms with van der Waals surface area (Å²) in [5.41, 5.74) is 16.6. The zero-order chi connectivity index (χ0) is 37.6. The molecule has 0 bridgehead atoms. The summed E-state index contributed by atoms with van der Waals surface area (Å²) in [6.45, 7) is 23.2. The first-order chi connectivity index (χ1) is 25.1. The Kier molecular flexibility index (Phi) is 14.5. The third kappa shape index (κ3) is 10.3. The van der Waals surface area contributed by atoms with Crippen molar-refractivity contribution in [2.45, 2.75) is 80.2 Å². The lowest BCUT2D eigenvalue weighted by atomic mass is 9.92. The quantitative estimate of drug-likeness (QED) is 0.0687. The summed E-state index contributed by atoms with van der Waals surface area (Å²) in [6, 6.07) is 23.5. The van der Waals surface area contributed by atoms with Crippen molar-refractivity contribution in [3.8, 4) is 23.6 Å². The fourth-order valence-corrected chi connectivity index (χ4v) is 6.74. The second-order valence-electron chi connectivity index (χ2n) is 13.6. The SMILES string of the molecule is C#CCc1cc(-c2cccc(/C(=C/C(=C=C(C)N(c3ccccc3)C(C)C)C/C=C(\C)C3C=CC=CC3)CC)n2)ccc1N(C(=C)C)/C(C)=C/C=C. The summed E-state index contributed by atoms with van der Waals surface area (Å²) in [7, 11) is 0. The number of anilines is 2. The third-order valence-electron chi connectivity index (χ3n) is 9.27. The first-order valence-corrected chi connectivity index (χ1v) is 18.4. The van der Waals surface area contributed by atoms with E-state index in [1.807, 2.05) is 13.0 Å². The van der Waals surface area contributed by atoms with Crippen LogP contribution in [-0.4, -0.2) is 11.0 Å². The van der Waals surface area contributed by atoms with E-state index in [1.165, 1.54) is 11.1 Å². The van der Waals surface area contributed by atoms with Crippen LogP contribution in [0.5, 0.6) is 0 Å². The molecule has 3 aromatic rings. The summed E-state index contributed by atoms with van der Waals surface area (Å²) >= 11 is 0. The summed E-state index contributed by atoms with van der Waals surface area (Å²) in [4.78, 5) is 9.71. The number of benzene rings is 2. The van der Waals surface area contributed by atoms with Crippen LogP contribution in [0.15, 0.2) is 162 Å². The average Bonchev–Trinajstić information content (AvgIpc) is 3.14. The van der Waals surface area contributed by atoms with Crippen LogP contribution in [0.4, 0.5) is 11.4 Å². The molecule has 266 valence electrons. The maximum Gasteiger partial charge on any atom is 0.0709 e. The molecule has 1 unspecified atom stereocenters. The summed E-state index contributed by atoms with van der Waals surface area (Å²) in [6.07, 6.45) is 26.3. The highest BCUT2D eigenvalue weighted by Gasteiger charge is 2.16. The molecule has 1 atom stereocenters. The predicted octanol–water partition coefficient (Wildman–Crippen LogP) is 13.0. The molecule has 0 fully saturated rings. The Bertz CT molecular complexity index is 2000. The minimum absolute atomic E-state index is 0.274. The van der Waals surface area contributed by atoms with Gasteiger partial charge in [-0.05, 0) is 126 Å². The number of allylic oxidation sites excluding steroid dienone is 13. The molecule has 3 heteroatoms. The van der Waals surface area contributed by atoms with Gasteiger partial charge in [-0.15, -0.1) is 12.3 Å². The van der Waals surface area contributed by atoms with Gasteiger partial charge in [0, 0.05) is 46.7 Å². The number of para-hydroxylation sites is 1. The average molecular weight is 686 g/mol. The van der Waals surface area contributed by atoms with Crippen LogP contribution >= 0.6 is 0 Å². The van der Waals surface area contributed by atoms with Gasteiger partial charge >= 0.3 is 0 Å². The fraction of sp³-hybridized carbons (Fsp3) is 0.265. The van der Waals surface area contributed by atoms with E-state index in [9.17, 15) is 0 Å². The monoisotopic (exact) mass is 685 g/mol. The maximum absolute atomic E-state index is 5.88. The topological polar surface area (TPSA) is 19.4 Å². The van der Waals surface area contributed by atoms with E-state index in [0.717, 1.165) is 75.8 Å². The second kappa shape index (κ2) is 19.2. The minimum atomic E-state index is 0.274. The molecule has 0 saturated carbocycles. The Balaban J connectivity index is 1.81. The molecule has 1 aliphatic carbocycles. The lowest BCUT2D eigenvalue weighted by molar-refractivity contribution is 0.753. The summed E-state index contributed by atoms with van der Waals surface area (Å²) in [5, 5.41) is 0. The molecule has 52 heavy (non-hydrogen) atoms. The molecule has 0 aliphatic heterocycles. The summed E-state index contributed by atoms with van der Waals surface area (Å²) in [5.74, 6) is 3.28. The zero-order valence-corrected chi connectivity index (χ0v) is 32.3. The molecule has 1 aliphatic rings. The van der Waals surface area contributed by atoms with Crippen LogP contribution in [0.25, 0.3) is 16.8 Å². The van der Waals surface area contributed by atoms with Crippen LogP contribution in [-0.2, 0) is 6.42 Å². The Labute approximate surface area is 314 Å². The zero-order valence-electron chi connectivity index (χ0n) is 32.3. The van der Waals surface area contributed by atoms with Gasteiger partial charge in [0.1, 0.15) is 0 Å². The molecule has 2 aromatic carbocycles. The Hall–Kier alpha value is -5.55. The van der Waals surface area contributed by atoms with Crippen molar-refractivity contribution in [1.82, 2.24) is 4.98 Å². The molecule has 0 N–H and O–H groups in total. The van der Waals surface area contributed by atoms with Gasteiger partial charge in [-0.1, -0.05) is 98.2 Å². The van der Waals surface area contributed by atoms with Gasteiger partial charge in [0.2, 0.25) is 0 Å². The van der Waals surface area contributed by atoms with Crippen LogP contribution in [0, 0.1) is 18.3 Å². The summed E-state index contributed by atoms with van der Waals surface area (Å²) < 4.78 is 0. The smallest absolute Gasteiger partial charge is 0.0709 e. The lowest BCUT2D eigenvalue weighted by Crippen LogP contribution is -2.28. The molecule has 0 spiro atoms. The van der Waals surface area contributed by atoms with Crippen molar-refractivity contribution in [1.29, 1.82) is 0 Å². The first-order valence-electron chi connectivity index (χ1n) is 18.4. The largest absolute Gasteiger partial charge is 0.336 e. The van der Waals surface area contributed by atoms with Crippen molar-refractivity contribution >= 4 is 16.9 Å². The highest BCUT2D eigenvalue weighted by molar-refractivity contribution is 5.73. The molecule has 0 amide bonds. The Morgan fingerprint density at radius 1 is 1.02 bits per heavy atom. The normalized spacial score (nSPS) is 14.4. The first kappa shape index (κ1) is 39.2. The number of rotatable bonds is 15.